The first-order chi connectivity index (χ1) is 14.1. The molecule has 146 valence electrons. The van der Waals surface area contributed by atoms with Crippen molar-refractivity contribution in [3.8, 4) is 22.5 Å². The van der Waals surface area contributed by atoms with Crippen molar-refractivity contribution in [2.45, 2.75) is 25.3 Å². The van der Waals surface area contributed by atoms with Crippen molar-refractivity contribution in [2.75, 3.05) is 0 Å². The fraction of sp³-hybridized carbons (Fsp3) is 0.217. The highest BCUT2D eigenvalue weighted by Crippen LogP contribution is 2.37. The van der Waals surface area contributed by atoms with E-state index >= 15 is 0 Å². The largest absolute Gasteiger partial charge is 0.481 e. The molecule has 1 saturated carbocycles. The van der Waals surface area contributed by atoms with E-state index in [1.165, 1.54) is 12.1 Å². The van der Waals surface area contributed by atoms with Gasteiger partial charge in [0, 0.05) is 22.6 Å². The zero-order valence-corrected chi connectivity index (χ0v) is 15.7. The van der Waals surface area contributed by atoms with Crippen molar-refractivity contribution in [3.63, 3.8) is 0 Å². The molecule has 0 radical (unpaired) electrons. The van der Waals surface area contributed by atoms with Crippen LogP contribution in [0.3, 0.4) is 0 Å². The summed E-state index contributed by atoms with van der Waals surface area (Å²) in [7, 11) is 0. The number of hydrogen-bond acceptors (Lipinski definition) is 2. The Bertz CT molecular complexity index is 1190. The van der Waals surface area contributed by atoms with Crippen molar-refractivity contribution in [1.82, 2.24) is 14.5 Å². The van der Waals surface area contributed by atoms with Crippen LogP contribution in [0, 0.1) is 11.7 Å². The number of rotatable bonds is 4. The number of fused-ring (bicyclic) bond motifs is 1. The molecule has 0 bridgehead atoms. The van der Waals surface area contributed by atoms with E-state index in [0.717, 1.165) is 39.8 Å². The molecule has 1 fully saturated rings. The Labute approximate surface area is 166 Å². The lowest BCUT2D eigenvalue weighted by Crippen LogP contribution is -2.11. The third-order valence-corrected chi connectivity index (χ3v) is 5.89. The van der Waals surface area contributed by atoms with Crippen LogP contribution in [0.5, 0.6) is 0 Å². The number of aromatic amines is 1. The number of carboxylic acids is 1. The average molecular weight is 389 g/mol. The van der Waals surface area contributed by atoms with Gasteiger partial charge in [0.25, 0.3) is 0 Å². The van der Waals surface area contributed by atoms with Crippen LogP contribution in [0.2, 0.25) is 0 Å². The predicted octanol–water partition coefficient (Wildman–Crippen LogP) is 5.26. The molecule has 0 aliphatic heterocycles. The summed E-state index contributed by atoms with van der Waals surface area (Å²) >= 11 is 0. The average Bonchev–Trinajstić information content (AvgIpc) is 3.45. The summed E-state index contributed by atoms with van der Waals surface area (Å²) in [6.45, 7) is 0. The Hall–Kier alpha value is -3.41. The lowest BCUT2D eigenvalue weighted by atomic mass is 10.1. The van der Waals surface area contributed by atoms with Gasteiger partial charge >= 0.3 is 5.97 Å². The van der Waals surface area contributed by atoms with E-state index in [2.05, 4.69) is 14.5 Å². The van der Waals surface area contributed by atoms with E-state index in [1.54, 1.807) is 12.4 Å². The Morgan fingerprint density at radius 1 is 1.10 bits per heavy atom. The Kier molecular flexibility index (Phi) is 4.19. The van der Waals surface area contributed by atoms with E-state index in [1.807, 2.05) is 36.5 Å². The van der Waals surface area contributed by atoms with Gasteiger partial charge in [-0.05, 0) is 54.7 Å². The molecule has 0 saturated heterocycles. The molecule has 2 aromatic carbocycles. The minimum atomic E-state index is -0.711. The molecule has 0 unspecified atom stereocenters. The summed E-state index contributed by atoms with van der Waals surface area (Å²) in [6.07, 6.45) is 5.82. The second kappa shape index (κ2) is 6.88. The number of nitrogens with zero attached hydrogens (tertiary/aromatic N) is 2. The zero-order valence-electron chi connectivity index (χ0n) is 15.7. The molecule has 2 atom stereocenters. The molecule has 1 aliphatic carbocycles. The number of H-pyrrole nitrogens is 1. The summed E-state index contributed by atoms with van der Waals surface area (Å²) < 4.78 is 15.5. The number of hydrogen-bond donors (Lipinski definition) is 2. The SMILES string of the molecule is O=C(O)[C@H]1CC[C@@H](n2cncc2-c2ccc(-c3cc4cc(F)ccc4[nH]3)cc2)C1. The third-order valence-electron chi connectivity index (χ3n) is 5.89. The van der Waals surface area contributed by atoms with Gasteiger partial charge in [-0.1, -0.05) is 24.3 Å². The smallest absolute Gasteiger partial charge is 0.306 e. The van der Waals surface area contributed by atoms with Crippen LogP contribution in [0.25, 0.3) is 33.4 Å². The molecule has 29 heavy (non-hydrogen) atoms. The summed E-state index contributed by atoms with van der Waals surface area (Å²) in [4.78, 5) is 18.9. The van der Waals surface area contributed by atoms with E-state index in [0.29, 0.717) is 12.8 Å². The Morgan fingerprint density at radius 3 is 2.66 bits per heavy atom. The molecule has 2 N–H and O–H groups in total. The molecular weight excluding hydrogens is 369 g/mol. The van der Waals surface area contributed by atoms with Crippen molar-refractivity contribution in [2.24, 2.45) is 5.92 Å². The lowest BCUT2D eigenvalue weighted by molar-refractivity contribution is -0.141. The fourth-order valence-corrected chi connectivity index (χ4v) is 4.33. The number of carbonyl (C=O) groups is 1. The molecule has 5 rings (SSSR count). The van der Waals surface area contributed by atoms with Gasteiger partial charge < -0.3 is 14.7 Å². The van der Waals surface area contributed by atoms with Gasteiger partial charge in [0.15, 0.2) is 0 Å². The number of nitrogens with one attached hydrogen (secondary N) is 1. The number of imidazole rings is 1. The third kappa shape index (κ3) is 3.20. The number of aliphatic carboxylic acids is 1. The normalized spacial score (nSPS) is 19.1. The van der Waals surface area contributed by atoms with Crippen molar-refractivity contribution in [3.05, 3.63) is 66.9 Å². The quantitative estimate of drug-likeness (QED) is 0.500. The summed E-state index contributed by atoms with van der Waals surface area (Å²) in [5.74, 6) is -1.23. The molecule has 1 aliphatic rings. The number of aromatic nitrogens is 3. The Balaban J connectivity index is 1.42. The fourth-order valence-electron chi connectivity index (χ4n) is 4.33. The highest BCUT2D eigenvalue weighted by molar-refractivity contribution is 5.86. The standard InChI is InChI=1S/C23H20FN3O2/c24-18-6-8-20-17(9-18)11-21(26-20)14-1-3-15(4-2-14)22-12-25-13-27(22)19-7-5-16(10-19)23(28)29/h1-4,6,8-9,11-13,16,19,26H,5,7,10H2,(H,28,29)/t16-,19+/m0/s1. The maximum Gasteiger partial charge on any atom is 0.306 e. The molecule has 0 amide bonds. The van der Waals surface area contributed by atoms with Crippen molar-refractivity contribution >= 4 is 16.9 Å². The molecule has 5 nitrogen and oxygen atoms in total. The van der Waals surface area contributed by atoms with Crippen molar-refractivity contribution in [1.29, 1.82) is 0 Å². The minimum Gasteiger partial charge on any atom is -0.481 e. The predicted molar refractivity (Wildman–Crippen MR) is 109 cm³/mol. The maximum absolute atomic E-state index is 13.4. The second-order valence-corrected chi connectivity index (χ2v) is 7.68. The lowest BCUT2D eigenvalue weighted by Gasteiger charge is -2.16. The summed E-state index contributed by atoms with van der Waals surface area (Å²) in [5.41, 5.74) is 4.88. The van der Waals surface area contributed by atoms with E-state index in [4.69, 9.17) is 0 Å². The van der Waals surface area contributed by atoms with Gasteiger partial charge in [0.05, 0.1) is 24.1 Å². The van der Waals surface area contributed by atoms with Crippen molar-refractivity contribution < 1.29 is 14.3 Å². The van der Waals surface area contributed by atoms with Crippen LogP contribution in [0.15, 0.2) is 61.1 Å². The van der Waals surface area contributed by atoms with Gasteiger partial charge in [0.1, 0.15) is 5.82 Å². The summed E-state index contributed by atoms with van der Waals surface area (Å²) in [6, 6.07) is 15.0. The number of benzene rings is 2. The maximum atomic E-state index is 13.4. The molecule has 4 aromatic rings. The molecule has 2 heterocycles. The van der Waals surface area contributed by atoms with Crippen LogP contribution in [-0.2, 0) is 4.79 Å². The molecule has 2 aromatic heterocycles. The highest BCUT2D eigenvalue weighted by Gasteiger charge is 2.31. The second-order valence-electron chi connectivity index (χ2n) is 7.68. The zero-order chi connectivity index (χ0) is 20.0. The highest BCUT2D eigenvalue weighted by atomic mass is 19.1. The Morgan fingerprint density at radius 2 is 1.90 bits per heavy atom. The van der Waals surface area contributed by atoms with Gasteiger partial charge in [-0.3, -0.25) is 4.79 Å². The van der Waals surface area contributed by atoms with E-state index in [-0.39, 0.29) is 17.8 Å². The van der Waals surface area contributed by atoms with E-state index in [9.17, 15) is 14.3 Å². The molecule has 6 heteroatoms. The topological polar surface area (TPSA) is 70.9 Å². The first kappa shape index (κ1) is 17.7. The summed E-state index contributed by atoms with van der Waals surface area (Å²) in [5, 5.41) is 10.1. The first-order valence-electron chi connectivity index (χ1n) is 9.72. The molecule has 0 spiro atoms. The van der Waals surface area contributed by atoms with Crippen LogP contribution in [-0.4, -0.2) is 25.6 Å². The minimum absolute atomic E-state index is 0.164. The van der Waals surface area contributed by atoms with Crippen LogP contribution >= 0.6 is 0 Å². The monoisotopic (exact) mass is 389 g/mol. The first-order valence-corrected chi connectivity index (χ1v) is 9.72. The van der Waals surface area contributed by atoms with Gasteiger partial charge in [-0.2, -0.15) is 0 Å². The van der Waals surface area contributed by atoms with E-state index < -0.39 is 5.97 Å². The number of carboxylic acid groups (broad SMARTS) is 1. The van der Waals surface area contributed by atoms with Gasteiger partial charge in [-0.25, -0.2) is 9.37 Å². The van der Waals surface area contributed by atoms with Crippen LogP contribution in [0.1, 0.15) is 25.3 Å². The van der Waals surface area contributed by atoms with Gasteiger partial charge in [0.2, 0.25) is 0 Å². The van der Waals surface area contributed by atoms with Crippen LogP contribution < -0.4 is 0 Å². The number of halogens is 1. The van der Waals surface area contributed by atoms with Gasteiger partial charge in [-0.15, -0.1) is 0 Å². The molecular formula is C23H20FN3O2. The van der Waals surface area contributed by atoms with Crippen LogP contribution in [0.4, 0.5) is 4.39 Å².